The lowest BCUT2D eigenvalue weighted by molar-refractivity contribution is -0.144. The molecule has 1 aromatic heterocycles. The number of hydrogen-bond acceptors (Lipinski definition) is 6. The minimum absolute atomic E-state index is 0.0218. The number of carbonyl (C=O) groups excluding carboxylic acids is 3. The van der Waals surface area contributed by atoms with Crippen LogP contribution < -0.4 is 5.32 Å². The van der Waals surface area contributed by atoms with Gasteiger partial charge in [-0.2, -0.15) is 0 Å². The SMILES string of the molecule is C=C/C(=C\C=C(C)C)C1CCN(C(=O)[C@@H](NC(=O)C2CN(C(=O)c3cn(C)s3)CC23CCOCC3)[C@@H](C)OCC2CCCCC2)CC1. The molecule has 260 valence electrons. The van der Waals surface area contributed by atoms with Gasteiger partial charge < -0.3 is 28.5 Å². The van der Waals surface area contributed by atoms with Gasteiger partial charge in [0, 0.05) is 64.7 Å². The van der Waals surface area contributed by atoms with E-state index in [1.165, 1.54) is 41.9 Å². The quantitative estimate of drug-likeness (QED) is 0.304. The van der Waals surface area contributed by atoms with E-state index >= 15 is 0 Å². The fourth-order valence-corrected chi connectivity index (χ4v) is 8.70. The van der Waals surface area contributed by atoms with Gasteiger partial charge >= 0.3 is 0 Å². The summed E-state index contributed by atoms with van der Waals surface area (Å²) in [6, 6.07) is -0.789. The number of ether oxygens (including phenoxy) is 2. The molecule has 3 saturated heterocycles. The third-order valence-electron chi connectivity index (χ3n) is 11.0. The van der Waals surface area contributed by atoms with Crippen LogP contribution in [-0.4, -0.2) is 89.6 Å². The van der Waals surface area contributed by atoms with Crippen LogP contribution in [0.5, 0.6) is 0 Å². The van der Waals surface area contributed by atoms with Crippen LogP contribution >= 0.6 is 11.5 Å². The number of rotatable bonds is 11. The van der Waals surface area contributed by atoms with E-state index in [1.807, 2.05) is 40.0 Å². The number of aryl methyl sites for hydroxylation is 1. The van der Waals surface area contributed by atoms with E-state index in [0.717, 1.165) is 25.7 Å². The summed E-state index contributed by atoms with van der Waals surface area (Å²) >= 11 is 1.43. The number of amides is 3. The second-order valence-corrected chi connectivity index (χ2v) is 15.8. The van der Waals surface area contributed by atoms with Crippen LogP contribution in [0.25, 0.3) is 0 Å². The molecule has 5 rings (SSSR count). The highest BCUT2D eigenvalue weighted by atomic mass is 32.1. The molecule has 1 N–H and O–H groups in total. The molecular formula is C37H56N4O5S. The van der Waals surface area contributed by atoms with Crippen molar-refractivity contribution in [2.45, 2.75) is 90.7 Å². The number of nitrogens with zero attached hydrogens (tertiary/aromatic N) is 3. The zero-order chi connectivity index (χ0) is 33.6. The molecule has 3 amide bonds. The predicted octanol–water partition coefficient (Wildman–Crippen LogP) is 5.74. The molecule has 47 heavy (non-hydrogen) atoms. The van der Waals surface area contributed by atoms with Gasteiger partial charge in [0.05, 0.1) is 12.0 Å². The zero-order valence-electron chi connectivity index (χ0n) is 29.0. The first-order valence-electron chi connectivity index (χ1n) is 17.8. The van der Waals surface area contributed by atoms with Gasteiger partial charge in [-0.3, -0.25) is 14.4 Å². The summed E-state index contributed by atoms with van der Waals surface area (Å²) in [4.78, 5) is 46.5. The fourth-order valence-electron chi connectivity index (χ4n) is 7.98. The smallest absolute Gasteiger partial charge is 0.267 e. The Morgan fingerprint density at radius 2 is 1.77 bits per heavy atom. The zero-order valence-corrected chi connectivity index (χ0v) is 29.8. The summed E-state index contributed by atoms with van der Waals surface area (Å²) in [5.41, 5.74) is 2.08. The van der Waals surface area contributed by atoms with Crippen LogP contribution in [0.2, 0.25) is 0 Å². The van der Waals surface area contributed by atoms with Crippen LogP contribution in [0.4, 0.5) is 0 Å². The minimum Gasteiger partial charge on any atom is -0.381 e. The van der Waals surface area contributed by atoms with E-state index in [9.17, 15) is 14.4 Å². The maximum Gasteiger partial charge on any atom is 0.267 e. The summed E-state index contributed by atoms with van der Waals surface area (Å²) in [6.45, 7) is 14.0. The highest BCUT2D eigenvalue weighted by molar-refractivity contribution is 7.09. The van der Waals surface area contributed by atoms with Gasteiger partial charge in [0.25, 0.3) is 5.91 Å². The van der Waals surface area contributed by atoms with Crippen LogP contribution in [0.3, 0.4) is 0 Å². The molecule has 4 fully saturated rings. The van der Waals surface area contributed by atoms with Gasteiger partial charge in [0.2, 0.25) is 11.8 Å². The molecule has 1 unspecified atom stereocenters. The molecule has 9 nitrogen and oxygen atoms in total. The Balaban J connectivity index is 1.31. The van der Waals surface area contributed by atoms with Crippen molar-refractivity contribution in [3.63, 3.8) is 0 Å². The largest absolute Gasteiger partial charge is 0.381 e. The van der Waals surface area contributed by atoms with Crippen molar-refractivity contribution in [3.05, 3.63) is 47.0 Å². The summed E-state index contributed by atoms with van der Waals surface area (Å²) in [6.07, 6.45) is 16.7. The highest BCUT2D eigenvalue weighted by Crippen LogP contribution is 2.45. The molecule has 3 aliphatic heterocycles. The van der Waals surface area contributed by atoms with Gasteiger partial charge in [-0.15, -0.1) is 0 Å². The van der Waals surface area contributed by atoms with Crippen molar-refractivity contribution in [2.75, 3.05) is 46.0 Å². The van der Waals surface area contributed by atoms with Crippen LogP contribution in [0.1, 0.15) is 88.2 Å². The maximum absolute atomic E-state index is 14.3. The lowest BCUT2D eigenvalue weighted by Gasteiger charge is -2.39. The molecule has 1 aliphatic carbocycles. The third kappa shape index (κ3) is 8.67. The van der Waals surface area contributed by atoms with Crippen LogP contribution in [-0.2, 0) is 26.1 Å². The molecular weight excluding hydrogens is 612 g/mol. The van der Waals surface area contributed by atoms with Crippen molar-refractivity contribution in [1.29, 1.82) is 0 Å². The Labute approximate surface area is 285 Å². The maximum atomic E-state index is 14.3. The average Bonchev–Trinajstić information content (AvgIpc) is 3.43. The molecule has 0 aromatic carbocycles. The number of carbonyl (C=O) groups is 3. The molecule has 1 saturated carbocycles. The summed E-state index contributed by atoms with van der Waals surface area (Å²) in [5.74, 6) is 0.171. The number of piperidine rings is 1. The summed E-state index contributed by atoms with van der Waals surface area (Å²) < 4.78 is 14.0. The Kier molecular flexibility index (Phi) is 12.2. The predicted molar refractivity (Wildman–Crippen MR) is 186 cm³/mol. The Morgan fingerprint density at radius 1 is 1.09 bits per heavy atom. The minimum atomic E-state index is -0.789. The molecule has 0 bridgehead atoms. The summed E-state index contributed by atoms with van der Waals surface area (Å²) in [7, 11) is 1.92. The lowest BCUT2D eigenvalue weighted by Crippen LogP contribution is -2.58. The molecule has 4 heterocycles. The first-order chi connectivity index (χ1) is 22.6. The first-order valence-corrected chi connectivity index (χ1v) is 18.6. The monoisotopic (exact) mass is 668 g/mol. The lowest BCUT2D eigenvalue weighted by atomic mass is 9.71. The normalized spacial score (nSPS) is 23.8. The van der Waals surface area contributed by atoms with E-state index in [1.54, 1.807) is 0 Å². The molecule has 1 aromatic rings. The molecule has 0 radical (unpaired) electrons. The average molecular weight is 669 g/mol. The molecule has 3 atom stereocenters. The van der Waals surface area contributed by atoms with Crippen LogP contribution in [0.15, 0.2) is 42.2 Å². The first kappa shape index (κ1) is 35.6. The number of aromatic nitrogens is 1. The van der Waals surface area contributed by atoms with Gasteiger partial charge in [-0.05, 0) is 76.7 Å². The van der Waals surface area contributed by atoms with E-state index in [4.69, 9.17) is 9.47 Å². The van der Waals surface area contributed by atoms with Crippen molar-refractivity contribution < 1.29 is 23.9 Å². The second-order valence-electron chi connectivity index (χ2n) is 14.6. The van der Waals surface area contributed by atoms with Gasteiger partial charge in [0.1, 0.15) is 10.9 Å². The third-order valence-corrected chi connectivity index (χ3v) is 11.8. The van der Waals surface area contributed by atoms with E-state index in [-0.39, 0.29) is 23.1 Å². The van der Waals surface area contributed by atoms with Gasteiger partial charge in [0.15, 0.2) is 0 Å². The van der Waals surface area contributed by atoms with E-state index in [0.29, 0.717) is 75.6 Å². The number of likely N-dealkylation sites (tertiary alicyclic amines) is 2. The fraction of sp³-hybridized carbons (Fsp3) is 0.703. The topological polar surface area (TPSA) is 93.1 Å². The highest BCUT2D eigenvalue weighted by Gasteiger charge is 2.53. The summed E-state index contributed by atoms with van der Waals surface area (Å²) in [5, 5.41) is 3.22. The Hall–Kier alpha value is -2.69. The Morgan fingerprint density at radius 3 is 2.38 bits per heavy atom. The molecule has 4 aliphatic rings. The molecule has 10 heteroatoms. The number of nitrogens with one attached hydrogen (secondary N) is 1. The van der Waals surface area contributed by atoms with E-state index in [2.05, 4.69) is 37.9 Å². The number of allylic oxidation sites excluding steroid dienone is 5. The van der Waals surface area contributed by atoms with Crippen molar-refractivity contribution in [1.82, 2.24) is 19.1 Å². The second kappa shape index (κ2) is 16.1. The van der Waals surface area contributed by atoms with Crippen LogP contribution in [0, 0.1) is 23.2 Å². The Bertz CT molecular complexity index is 1290. The van der Waals surface area contributed by atoms with E-state index < -0.39 is 18.1 Å². The molecule has 1 spiro atoms. The van der Waals surface area contributed by atoms with Gasteiger partial charge in [-0.1, -0.05) is 61.2 Å². The standard InChI is InChI=1S/C37H56N4O5S/c1-6-29(13-12-26(2)3)30-14-18-40(19-15-30)36(44)33(27(4)46-24-28-10-8-7-9-11-28)38-34(42)31-22-41(35(43)32-23-39(5)47-32)25-37(31)16-20-45-21-17-37/h6,12-13,23,27-28,30-31,33H,1,7-11,14-22,24-25H2,2-5H3,(H,38,42)/b29-13+/t27-,31?,33+/m1/s1. The van der Waals surface area contributed by atoms with Gasteiger partial charge in [-0.25, -0.2) is 0 Å². The van der Waals surface area contributed by atoms with Crippen molar-refractivity contribution in [2.24, 2.45) is 30.2 Å². The van der Waals surface area contributed by atoms with Crippen molar-refractivity contribution in [3.8, 4) is 0 Å². The van der Waals surface area contributed by atoms with Crippen molar-refractivity contribution >= 4 is 29.3 Å². The number of hydrogen-bond donors (Lipinski definition) is 1.